The van der Waals surface area contributed by atoms with E-state index in [-0.39, 0.29) is 11.9 Å². The van der Waals surface area contributed by atoms with Gasteiger partial charge in [-0.25, -0.2) is 4.98 Å². The Kier molecular flexibility index (Phi) is 4.68. The van der Waals surface area contributed by atoms with Crippen molar-refractivity contribution < 1.29 is 9.53 Å². The Labute approximate surface area is 135 Å². The van der Waals surface area contributed by atoms with Crippen LogP contribution in [0.25, 0.3) is 0 Å². The lowest BCUT2D eigenvalue weighted by molar-refractivity contribution is -0.152. The summed E-state index contributed by atoms with van der Waals surface area (Å²) >= 11 is 1.63. The Bertz CT molecular complexity index is 545. The highest BCUT2D eigenvalue weighted by Gasteiger charge is 2.42. The summed E-state index contributed by atoms with van der Waals surface area (Å²) in [6.45, 7) is 6.41. The van der Waals surface area contributed by atoms with E-state index in [1.54, 1.807) is 11.3 Å². The summed E-state index contributed by atoms with van der Waals surface area (Å²) in [5.41, 5.74) is 7.03. The SMILES string of the molecule is CCCN1C[C@H](C(=O)OCC)C[C@H]2Cc3nc(N)sc3CC21. The van der Waals surface area contributed by atoms with Crippen molar-refractivity contribution in [2.24, 2.45) is 11.8 Å². The van der Waals surface area contributed by atoms with Crippen LogP contribution in [0.15, 0.2) is 0 Å². The molecule has 2 heterocycles. The van der Waals surface area contributed by atoms with Crippen molar-refractivity contribution in [3.8, 4) is 0 Å². The Hall–Kier alpha value is -1.14. The number of nitrogens with two attached hydrogens (primary N) is 1. The van der Waals surface area contributed by atoms with Crippen LogP contribution in [0.3, 0.4) is 0 Å². The van der Waals surface area contributed by atoms with E-state index in [0.717, 1.165) is 44.5 Å². The highest BCUT2D eigenvalue weighted by molar-refractivity contribution is 7.15. The summed E-state index contributed by atoms with van der Waals surface area (Å²) in [5, 5.41) is 0.674. The average Bonchev–Trinajstić information content (AvgIpc) is 2.84. The maximum atomic E-state index is 12.2. The number of rotatable bonds is 4. The van der Waals surface area contributed by atoms with Crippen molar-refractivity contribution in [1.29, 1.82) is 0 Å². The molecule has 5 nitrogen and oxygen atoms in total. The van der Waals surface area contributed by atoms with Crippen molar-refractivity contribution in [2.45, 2.75) is 45.6 Å². The van der Waals surface area contributed by atoms with E-state index in [1.807, 2.05) is 6.92 Å². The Morgan fingerprint density at radius 3 is 3.00 bits per heavy atom. The lowest BCUT2D eigenvalue weighted by Gasteiger charge is -2.46. The zero-order chi connectivity index (χ0) is 15.7. The van der Waals surface area contributed by atoms with E-state index < -0.39 is 0 Å². The second kappa shape index (κ2) is 6.54. The second-order valence-electron chi connectivity index (χ2n) is 6.34. The highest BCUT2D eigenvalue weighted by atomic mass is 32.1. The number of aromatic nitrogens is 1. The Morgan fingerprint density at radius 1 is 1.45 bits per heavy atom. The number of ether oxygens (including phenoxy) is 1. The average molecular weight is 323 g/mol. The number of esters is 1. The number of nitrogens with zero attached hydrogens (tertiary/aromatic N) is 2. The van der Waals surface area contributed by atoms with Crippen LogP contribution in [0.1, 0.15) is 37.3 Å². The number of anilines is 1. The van der Waals surface area contributed by atoms with Gasteiger partial charge in [0.25, 0.3) is 0 Å². The monoisotopic (exact) mass is 323 g/mol. The molecule has 1 aromatic heterocycles. The molecule has 0 saturated carbocycles. The highest BCUT2D eigenvalue weighted by Crippen LogP contribution is 2.39. The first-order chi connectivity index (χ1) is 10.6. The van der Waals surface area contributed by atoms with E-state index in [4.69, 9.17) is 10.5 Å². The summed E-state index contributed by atoms with van der Waals surface area (Å²) in [5.74, 6) is 0.458. The second-order valence-corrected chi connectivity index (χ2v) is 7.45. The zero-order valence-electron chi connectivity index (χ0n) is 13.4. The smallest absolute Gasteiger partial charge is 0.310 e. The molecule has 122 valence electrons. The summed E-state index contributed by atoms with van der Waals surface area (Å²) in [7, 11) is 0. The fourth-order valence-corrected chi connectivity index (χ4v) is 4.87. The standard InChI is InChI=1S/C16H25N3O2S/c1-3-5-19-9-11(15(20)21-4-2)6-10-7-12-14(8-13(10)19)22-16(17)18-12/h10-11,13H,3-9H2,1-2H3,(H2,17,18)/t10-,11+,13?/m0/s1. The van der Waals surface area contributed by atoms with Crippen molar-refractivity contribution >= 4 is 22.4 Å². The van der Waals surface area contributed by atoms with Crippen LogP contribution >= 0.6 is 11.3 Å². The van der Waals surface area contributed by atoms with E-state index in [0.29, 0.717) is 23.7 Å². The van der Waals surface area contributed by atoms with Gasteiger partial charge in [-0.2, -0.15) is 0 Å². The quantitative estimate of drug-likeness (QED) is 0.860. The molecular formula is C16H25N3O2S. The fraction of sp³-hybridized carbons (Fsp3) is 0.750. The molecule has 0 spiro atoms. The first-order valence-corrected chi connectivity index (χ1v) is 9.08. The van der Waals surface area contributed by atoms with Crippen LogP contribution in [0.5, 0.6) is 0 Å². The Balaban J connectivity index is 1.80. The third-order valence-corrected chi connectivity index (χ3v) is 5.78. The van der Waals surface area contributed by atoms with Gasteiger partial charge in [0.05, 0.1) is 18.2 Å². The summed E-state index contributed by atoms with van der Waals surface area (Å²) in [4.78, 5) is 20.5. The number of likely N-dealkylation sites (tertiary alicyclic amines) is 1. The van der Waals surface area contributed by atoms with E-state index in [2.05, 4.69) is 16.8 Å². The number of carbonyl (C=O) groups excluding carboxylic acids is 1. The maximum Gasteiger partial charge on any atom is 0.310 e. The lowest BCUT2D eigenvalue weighted by atomic mass is 9.75. The largest absolute Gasteiger partial charge is 0.466 e. The van der Waals surface area contributed by atoms with Crippen LogP contribution in [-0.4, -0.2) is 41.6 Å². The molecule has 1 saturated heterocycles. The van der Waals surface area contributed by atoms with Gasteiger partial charge in [0, 0.05) is 17.5 Å². The number of nitrogen functional groups attached to an aromatic ring is 1. The number of thiazole rings is 1. The first-order valence-electron chi connectivity index (χ1n) is 8.27. The molecule has 0 bridgehead atoms. The van der Waals surface area contributed by atoms with E-state index in [9.17, 15) is 4.79 Å². The van der Waals surface area contributed by atoms with Crippen molar-refractivity contribution in [3.63, 3.8) is 0 Å². The number of hydrogen-bond acceptors (Lipinski definition) is 6. The molecule has 0 amide bonds. The number of piperidine rings is 1. The lowest BCUT2D eigenvalue weighted by Crippen LogP contribution is -2.53. The van der Waals surface area contributed by atoms with Crippen LogP contribution in [0, 0.1) is 11.8 Å². The van der Waals surface area contributed by atoms with Gasteiger partial charge in [-0.05, 0) is 45.1 Å². The minimum atomic E-state index is -0.0364. The molecule has 2 aliphatic rings. The van der Waals surface area contributed by atoms with Crippen LogP contribution in [-0.2, 0) is 22.4 Å². The molecule has 1 aliphatic heterocycles. The van der Waals surface area contributed by atoms with Crippen molar-refractivity contribution in [1.82, 2.24) is 9.88 Å². The molecule has 0 radical (unpaired) electrons. The molecule has 6 heteroatoms. The molecule has 2 N–H and O–H groups in total. The first kappa shape index (κ1) is 15.7. The maximum absolute atomic E-state index is 12.2. The van der Waals surface area contributed by atoms with Gasteiger partial charge in [-0.15, -0.1) is 11.3 Å². The third-order valence-electron chi connectivity index (χ3n) is 4.83. The normalized spacial score (nSPS) is 28.0. The van der Waals surface area contributed by atoms with Gasteiger partial charge in [0.2, 0.25) is 0 Å². The van der Waals surface area contributed by atoms with Gasteiger partial charge in [-0.3, -0.25) is 9.69 Å². The molecule has 1 aromatic rings. The minimum Gasteiger partial charge on any atom is -0.466 e. The summed E-state index contributed by atoms with van der Waals surface area (Å²) < 4.78 is 5.26. The summed E-state index contributed by atoms with van der Waals surface area (Å²) in [6.07, 6.45) is 4.01. The molecule has 3 rings (SSSR count). The number of carbonyl (C=O) groups is 1. The molecule has 1 aliphatic carbocycles. The van der Waals surface area contributed by atoms with Crippen molar-refractivity contribution in [3.05, 3.63) is 10.6 Å². The predicted octanol–water partition coefficient (Wildman–Crippen LogP) is 2.10. The van der Waals surface area contributed by atoms with Gasteiger partial charge in [0.15, 0.2) is 5.13 Å². The molecule has 22 heavy (non-hydrogen) atoms. The molecule has 1 fully saturated rings. The summed E-state index contributed by atoms with van der Waals surface area (Å²) in [6, 6.07) is 0.526. The number of hydrogen-bond donors (Lipinski definition) is 1. The Morgan fingerprint density at radius 2 is 2.27 bits per heavy atom. The predicted molar refractivity (Wildman–Crippen MR) is 87.8 cm³/mol. The van der Waals surface area contributed by atoms with Gasteiger partial charge in [0.1, 0.15) is 0 Å². The van der Waals surface area contributed by atoms with Gasteiger partial charge in [-0.1, -0.05) is 6.92 Å². The van der Waals surface area contributed by atoms with E-state index in [1.165, 1.54) is 4.88 Å². The van der Waals surface area contributed by atoms with E-state index >= 15 is 0 Å². The topological polar surface area (TPSA) is 68.5 Å². The molecule has 3 atom stereocenters. The van der Waals surface area contributed by atoms with Crippen LogP contribution < -0.4 is 5.73 Å². The zero-order valence-corrected chi connectivity index (χ0v) is 14.2. The molecule has 1 unspecified atom stereocenters. The van der Waals surface area contributed by atoms with Crippen molar-refractivity contribution in [2.75, 3.05) is 25.4 Å². The van der Waals surface area contributed by atoms with Gasteiger partial charge < -0.3 is 10.5 Å². The number of fused-ring (bicyclic) bond motifs is 2. The van der Waals surface area contributed by atoms with Gasteiger partial charge >= 0.3 is 5.97 Å². The van der Waals surface area contributed by atoms with Crippen LogP contribution in [0.4, 0.5) is 5.13 Å². The minimum absolute atomic E-state index is 0.00489. The third kappa shape index (κ3) is 2.99. The fourth-order valence-electron chi connectivity index (χ4n) is 3.96. The van der Waals surface area contributed by atoms with Crippen LogP contribution in [0.2, 0.25) is 0 Å². The molecule has 0 aromatic carbocycles. The molecular weight excluding hydrogens is 298 g/mol.